The van der Waals surface area contributed by atoms with Crippen LogP contribution in [0.2, 0.25) is 0 Å². The van der Waals surface area contributed by atoms with Gasteiger partial charge in [-0.15, -0.1) is 0 Å². The molecule has 2 aromatic rings. The minimum atomic E-state index is 0.952. The molecular weight excluding hydrogens is 396 g/mol. The van der Waals surface area contributed by atoms with Gasteiger partial charge in [0.15, 0.2) is 0 Å². The number of piperazine rings is 1. The van der Waals surface area contributed by atoms with Crippen molar-refractivity contribution in [3.05, 3.63) is 51.3 Å². The normalized spacial score (nSPS) is 16.2. The highest BCUT2D eigenvalue weighted by molar-refractivity contribution is 9.10. The molecule has 0 aliphatic carbocycles. The van der Waals surface area contributed by atoms with Crippen LogP contribution in [0.3, 0.4) is 0 Å². The van der Waals surface area contributed by atoms with Crippen LogP contribution in [0.15, 0.2) is 45.7 Å². The standard InChI is InChI=1S/C15H16Br2N4/c16-13-1-2-15(19-10-13)21-5-3-20(4-6-21)11-12-7-14(17)9-18-8-12/h1-2,7-10H,3-6,11H2. The van der Waals surface area contributed by atoms with Gasteiger partial charge >= 0.3 is 0 Å². The van der Waals surface area contributed by atoms with Crippen molar-refractivity contribution in [1.82, 2.24) is 14.9 Å². The fourth-order valence-electron chi connectivity index (χ4n) is 2.49. The van der Waals surface area contributed by atoms with Gasteiger partial charge in [0, 0.05) is 60.3 Å². The van der Waals surface area contributed by atoms with Crippen LogP contribution in [-0.2, 0) is 6.54 Å². The van der Waals surface area contributed by atoms with E-state index in [1.807, 2.05) is 24.7 Å². The van der Waals surface area contributed by atoms with E-state index in [9.17, 15) is 0 Å². The molecule has 1 aliphatic rings. The Labute approximate surface area is 141 Å². The molecule has 0 aromatic carbocycles. The third-order valence-electron chi connectivity index (χ3n) is 3.58. The van der Waals surface area contributed by atoms with Gasteiger partial charge in [0.25, 0.3) is 0 Å². The van der Waals surface area contributed by atoms with Crippen molar-refractivity contribution < 1.29 is 0 Å². The first-order valence-corrected chi connectivity index (χ1v) is 8.47. The SMILES string of the molecule is Brc1ccc(N2CCN(Cc3cncc(Br)c3)CC2)nc1. The molecule has 6 heteroatoms. The Kier molecular flexibility index (Phi) is 4.87. The molecule has 1 saturated heterocycles. The monoisotopic (exact) mass is 410 g/mol. The van der Waals surface area contributed by atoms with Gasteiger partial charge in [0.1, 0.15) is 5.82 Å². The van der Waals surface area contributed by atoms with Crippen LogP contribution in [0.1, 0.15) is 5.56 Å². The Morgan fingerprint density at radius 2 is 1.76 bits per heavy atom. The Hall–Kier alpha value is -0.980. The average Bonchev–Trinajstić information content (AvgIpc) is 2.49. The minimum absolute atomic E-state index is 0.952. The van der Waals surface area contributed by atoms with E-state index < -0.39 is 0 Å². The van der Waals surface area contributed by atoms with Crippen LogP contribution < -0.4 is 4.90 Å². The maximum absolute atomic E-state index is 4.47. The molecular formula is C15H16Br2N4. The van der Waals surface area contributed by atoms with Crippen LogP contribution in [0.4, 0.5) is 5.82 Å². The molecule has 110 valence electrons. The van der Waals surface area contributed by atoms with Gasteiger partial charge in [-0.1, -0.05) is 0 Å². The molecule has 0 amide bonds. The van der Waals surface area contributed by atoms with Gasteiger partial charge in [-0.05, 0) is 55.6 Å². The van der Waals surface area contributed by atoms with Crippen molar-refractivity contribution in [2.75, 3.05) is 31.1 Å². The largest absolute Gasteiger partial charge is 0.354 e. The number of pyridine rings is 2. The third kappa shape index (κ3) is 4.02. The van der Waals surface area contributed by atoms with Crippen molar-refractivity contribution in [1.29, 1.82) is 0 Å². The second kappa shape index (κ2) is 6.85. The zero-order chi connectivity index (χ0) is 14.7. The van der Waals surface area contributed by atoms with Crippen molar-refractivity contribution in [2.45, 2.75) is 6.54 Å². The van der Waals surface area contributed by atoms with Crippen molar-refractivity contribution in [3.63, 3.8) is 0 Å². The van der Waals surface area contributed by atoms with E-state index in [2.05, 4.69) is 63.8 Å². The van der Waals surface area contributed by atoms with Gasteiger partial charge in [-0.3, -0.25) is 9.88 Å². The Morgan fingerprint density at radius 1 is 0.952 bits per heavy atom. The zero-order valence-electron chi connectivity index (χ0n) is 11.5. The summed E-state index contributed by atoms with van der Waals surface area (Å²) in [7, 11) is 0. The lowest BCUT2D eigenvalue weighted by molar-refractivity contribution is 0.249. The number of hydrogen-bond acceptors (Lipinski definition) is 4. The summed E-state index contributed by atoms with van der Waals surface area (Å²) in [6, 6.07) is 6.25. The molecule has 3 rings (SSSR count). The lowest BCUT2D eigenvalue weighted by atomic mass is 10.2. The Morgan fingerprint density at radius 3 is 2.43 bits per heavy atom. The minimum Gasteiger partial charge on any atom is -0.354 e. The maximum atomic E-state index is 4.47. The van der Waals surface area contributed by atoms with Gasteiger partial charge in [0.2, 0.25) is 0 Å². The van der Waals surface area contributed by atoms with Crippen LogP contribution in [0.5, 0.6) is 0 Å². The molecule has 1 fully saturated rings. The fourth-order valence-corrected chi connectivity index (χ4v) is 3.14. The number of nitrogens with zero attached hydrogens (tertiary/aromatic N) is 4. The molecule has 0 bridgehead atoms. The molecule has 1 aliphatic heterocycles. The predicted octanol–water partition coefficient (Wildman–Crippen LogP) is 3.32. The van der Waals surface area contributed by atoms with E-state index in [1.165, 1.54) is 5.56 Å². The number of aromatic nitrogens is 2. The van der Waals surface area contributed by atoms with E-state index in [0.29, 0.717) is 0 Å². The quantitative estimate of drug-likeness (QED) is 0.775. The summed E-state index contributed by atoms with van der Waals surface area (Å²) in [5.41, 5.74) is 1.25. The summed E-state index contributed by atoms with van der Waals surface area (Å²) in [5, 5.41) is 0. The molecule has 0 radical (unpaired) electrons. The van der Waals surface area contributed by atoms with Crippen LogP contribution in [0.25, 0.3) is 0 Å². The molecule has 0 spiro atoms. The summed E-state index contributed by atoms with van der Waals surface area (Å²) in [5.74, 6) is 1.06. The molecule has 0 saturated carbocycles. The van der Waals surface area contributed by atoms with Crippen molar-refractivity contribution in [3.8, 4) is 0 Å². The first-order chi connectivity index (χ1) is 10.2. The van der Waals surface area contributed by atoms with E-state index in [4.69, 9.17) is 0 Å². The van der Waals surface area contributed by atoms with Crippen LogP contribution in [0, 0.1) is 0 Å². The summed E-state index contributed by atoms with van der Waals surface area (Å²) < 4.78 is 2.06. The van der Waals surface area contributed by atoms with Crippen LogP contribution in [-0.4, -0.2) is 41.0 Å². The topological polar surface area (TPSA) is 32.3 Å². The summed E-state index contributed by atoms with van der Waals surface area (Å²) in [6.07, 6.45) is 5.61. The van der Waals surface area contributed by atoms with Crippen molar-refractivity contribution in [2.24, 2.45) is 0 Å². The molecule has 0 N–H and O–H groups in total. The fraction of sp³-hybridized carbons (Fsp3) is 0.333. The average molecular weight is 412 g/mol. The number of hydrogen-bond donors (Lipinski definition) is 0. The maximum Gasteiger partial charge on any atom is 0.128 e. The van der Waals surface area contributed by atoms with E-state index >= 15 is 0 Å². The lowest BCUT2D eigenvalue weighted by Crippen LogP contribution is -2.46. The highest BCUT2D eigenvalue weighted by Gasteiger charge is 2.18. The molecule has 2 aromatic heterocycles. The zero-order valence-corrected chi connectivity index (χ0v) is 14.7. The first-order valence-electron chi connectivity index (χ1n) is 6.89. The van der Waals surface area contributed by atoms with Crippen molar-refractivity contribution >= 4 is 37.7 Å². The molecule has 3 heterocycles. The smallest absolute Gasteiger partial charge is 0.128 e. The molecule has 21 heavy (non-hydrogen) atoms. The predicted molar refractivity (Wildman–Crippen MR) is 91.4 cm³/mol. The highest BCUT2D eigenvalue weighted by Crippen LogP contribution is 2.18. The second-order valence-electron chi connectivity index (χ2n) is 5.11. The molecule has 0 unspecified atom stereocenters. The van der Waals surface area contributed by atoms with E-state index in [1.54, 1.807) is 0 Å². The number of anilines is 1. The second-order valence-corrected chi connectivity index (χ2v) is 6.94. The Balaban J connectivity index is 1.56. The van der Waals surface area contributed by atoms with E-state index in [0.717, 1.165) is 47.5 Å². The number of halogens is 2. The summed E-state index contributed by atoms with van der Waals surface area (Å²) in [6.45, 7) is 5.06. The third-order valence-corrected chi connectivity index (χ3v) is 4.48. The summed E-state index contributed by atoms with van der Waals surface area (Å²) in [4.78, 5) is 13.5. The van der Waals surface area contributed by atoms with Gasteiger partial charge < -0.3 is 4.90 Å². The van der Waals surface area contributed by atoms with Crippen LogP contribution >= 0.6 is 31.9 Å². The van der Waals surface area contributed by atoms with E-state index in [-0.39, 0.29) is 0 Å². The Bertz CT molecular complexity index is 595. The lowest BCUT2D eigenvalue weighted by Gasteiger charge is -2.35. The van der Waals surface area contributed by atoms with Gasteiger partial charge in [-0.25, -0.2) is 4.98 Å². The molecule has 0 atom stereocenters. The number of rotatable bonds is 3. The highest BCUT2D eigenvalue weighted by atomic mass is 79.9. The summed E-state index contributed by atoms with van der Waals surface area (Å²) >= 11 is 6.89. The van der Waals surface area contributed by atoms with Gasteiger partial charge in [0.05, 0.1) is 0 Å². The van der Waals surface area contributed by atoms with Gasteiger partial charge in [-0.2, -0.15) is 0 Å². The first kappa shape index (κ1) is 14.9. The molecule has 4 nitrogen and oxygen atoms in total.